The first kappa shape index (κ1) is 15.8. The molecule has 3 atom stereocenters. The molecule has 1 fully saturated rings. The normalized spacial score (nSPS) is 31.4. The molecular weight excluding hydrogens is 267 g/mol. The smallest absolute Gasteiger partial charge is 0.369 e. The highest BCUT2D eigenvalue weighted by atomic mass is 19.4. The molecule has 0 saturated heterocycles. The Morgan fingerprint density at radius 1 is 1.15 bits per heavy atom. The summed E-state index contributed by atoms with van der Waals surface area (Å²) in [6, 6.07) is 0.313. The lowest BCUT2D eigenvalue weighted by molar-refractivity contribution is -0.188. The van der Waals surface area contributed by atoms with Crippen molar-refractivity contribution in [3.8, 4) is 0 Å². The molecule has 0 bridgehead atoms. The topological polar surface area (TPSA) is 21.3 Å². The molecule has 0 heterocycles. The minimum atomic E-state index is -4.21. The maximum Gasteiger partial charge on any atom is 0.411 e. The number of halogens is 3. The molecule has 3 unspecified atom stereocenters. The molecule has 2 aliphatic rings. The van der Waals surface area contributed by atoms with Gasteiger partial charge in [-0.1, -0.05) is 12.2 Å². The summed E-state index contributed by atoms with van der Waals surface area (Å²) >= 11 is 0. The van der Waals surface area contributed by atoms with Crippen LogP contribution in [0, 0.1) is 5.92 Å². The van der Waals surface area contributed by atoms with E-state index in [1.807, 2.05) is 0 Å². The molecule has 0 spiro atoms. The second-order valence-electron chi connectivity index (χ2n) is 5.97. The lowest BCUT2D eigenvalue weighted by Gasteiger charge is -2.31. The molecular formula is C15H24F3NO. The average molecular weight is 291 g/mol. The molecule has 2 rings (SSSR count). The molecule has 2 aliphatic carbocycles. The van der Waals surface area contributed by atoms with Gasteiger partial charge in [-0.25, -0.2) is 0 Å². The summed E-state index contributed by atoms with van der Waals surface area (Å²) in [5.41, 5.74) is 0. The van der Waals surface area contributed by atoms with E-state index in [0.717, 1.165) is 38.6 Å². The fourth-order valence-electron chi connectivity index (χ4n) is 3.07. The van der Waals surface area contributed by atoms with Gasteiger partial charge in [0, 0.05) is 6.04 Å². The van der Waals surface area contributed by atoms with Crippen LogP contribution in [0.15, 0.2) is 12.2 Å². The zero-order valence-corrected chi connectivity index (χ0v) is 11.8. The number of hydrogen-bond donors (Lipinski definition) is 1. The molecule has 1 saturated carbocycles. The van der Waals surface area contributed by atoms with Gasteiger partial charge in [-0.3, -0.25) is 0 Å². The number of rotatable bonds is 5. The van der Waals surface area contributed by atoms with Crippen molar-refractivity contribution in [2.75, 3.05) is 13.2 Å². The van der Waals surface area contributed by atoms with Crippen LogP contribution >= 0.6 is 0 Å². The Morgan fingerprint density at radius 3 is 2.70 bits per heavy atom. The van der Waals surface area contributed by atoms with Crippen LogP contribution < -0.4 is 5.32 Å². The van der Waals surface area contributed by atoms with Crippen LogP contribution in [0.25, 0.3) is 0 Å². The zero-order chi connectivity index (χ0) is 14.4. The molecule has 1 N–H and O–H groups in total. The first-order valence-electron chi connectivity index (χ1n) is 7.59. The van der Waals surface area contributed by atoms with Crippen LogP contribution in [-0.2, 0) is 4.74 Å². The fraction of sp³-hybridized carbons (Fsp3) is 0.867. The summed E-state index contributed by atoms with van der Waals surface area (Å²) < 4.78 is 41.4. The van der Waals surface area contributed by atoms with Gasteiger partial charge in [0.05, 0.1) is 6.10 Å². The molecule has 116 valence electrons. The number of alkyl halides is 3. The summed E-state index contributed by atoms with van der Waals surface area (Å²) in [4.78, 5) is 0. The van der Waals surface area contributed by atoms with Crippen molar-refractivity contribution < 1.29 is 17.9 Å². The van der Waals surface area contributed by atoms with E-state index in [-0.39, 0.29) is 6.10 Å². The van der Waals surface area contributed by atoms with Crippen LogP contribution in [0.4, 0.5) is 13.2 Å². The van der Waals surface area contributed by atoms with E-state index in [1.54, 1.807) is 0 Å². The molecule has 0 aromatic heterocycles. The number of ether oxygens (including phenoxy) is 1. The molecule has 0 aliphatic heterocycles. The molecule has 0 aromatic carbocycles. The summed E-state index contributed by atoms with van der Waals surface area (Å²) in [6.45, 7) is -0.140. The van der Waals surface area contributed by atoms with Crippen molar-refractivity contribution in [1.82, 2.24) is 5.32 Å². The van der Waals surface area contributed by atoms with Crippen molar-refractivity contribution >= 4 is 0 Å². The molecule has 2 nitrogen and oxygen atoms in total. The van der Waals surface area contributed by atoms with Gasteiger partial charge >= 0.3 is 6.18 Å². The standard InChI is InChI=1S/C15H24F3NO/c16-15(17,18)11-20-14-8-4-7-13(9-14)19-10-12-5-2-1-3-6-12/h1-2,12-14,19H,3-11H2. The highest BCUT2D eigenvalue weighted by molar-refractivity contribution is 4.91. The Labute approximate surface area is 118 Å². The maximum absolute atomic E-state index is 12.2. The molecule has 0 amide bonds. The van der Waals surface area contributed by atoms with E-state index >= 15 is 0 Å². The minimum absolute atomic E-state index is 0.242. The predicted molar refractivity (Wildman–Crippen MR) is 72.5 cm³/mol. The van der Waals surface area contributed by atoms with Crippen molar-refractivity contribution in [1.29, 1.82) is 0 Å². The summed E-state index contributed by atoms with van der Waals surface area (Å²) in [6.07, 6.45) is 6.93. The predicted octanol–water partition coefficient (Wildman–Crippen LogP) is 3.82. The van der Waals surface area contributed by atoms with Gasteiger partial charge in [0.2, 0.25) is 0 Å². The zero-order valence-electron chi connectivity index (χ0n) is 11.8. The van der Waals surface area contributed by atoms with Crippen molar-refractivity contribution in [3.05, 3.63) is 12.2 Å². The van der Waals surface area contributed by atoms with E-state index in [9.17, 15) is 13.2 Å². The Bertz CT molecular complexity index is 317. The van der Waals surface area contributed by atoms with Crippen molar-refractivity contribution in [3.63, 3.8) is 0 Å². The van der Waals surface area contributed by atoms with Gasteiger partial charge in [0.25, 0.3) is 0 Å². The fourth-order valence-corrected chi connectivity index (χ4v) is 3.07. The second-order valence-corrected chi connectivity index (χ2v) is 5.97. The molecule has 0 radical (unpaired) electrons. The summed E-state index contributed by atoms with van der Waals surface area (Å²) in [7, 11) is 0. The third kappa shape index (κ3) is 5.83. The van der Waals surface area contributed by atoms with Crippen LogP contribution in [-0.4, -0.2) is 31.5 Å². The van der Waals surface area contributed by atoms with Crippen LogP contribution in [0.3, 0.4) is 0 Å². The van der Waals surface area contributed by atoms with Crippen LogP contribution in [0.5, 0.6) is 0 Å². The Balaban J connectivity index is 1.66. The molecule has 5 heteroatoms. The lowest BCUT2D eigenvalue weighted by atomic mass is 9.90. The maximum atomic E-state index is 12.2. The number of allylic oxidation sites excluding steroid dienone is 2. The highest BCUT2D eigenvalue weighted by Crippen LogP contribution is 2.25. The Kier molecular flexibility index (Phi) is 5.90. The summed E-state index contributed by atoms with van der Waals surface area (Å²) in [5, 5.41) is 3.52. The van der Waals surface area contributed by atoms with Crippen LogP contribution in [0.1, 0.15) is 44.9 Å². The monoisotopic (exact) mass is 291 g/mol. The van der Waals surface area contributed by atoms with Gasteiger partial charge < -0.3 is 10.1 Å². The first-order valence-corrected chi connectivity index (χ1v) is 7.59. The first-order chi connectivity index (χ1) is 9.53. The SMILES string of the molecule is FC(F)(F)COC1CCCC(NCC2CC=CCC2)C1. The number of nitrogens with one attached hydrogen (secondary N) is 1. The van der Waals surface area contributed by atoms with Crippen molar-refractivity contribution in [2.24, 2.45) is 5.92 Å². The lowest BCUT2D eigenvalue weighted by Crippen LogP contribution is -2.40. The van der Waals surface area contributed by atoms with Gasteiger partial charge in [0.1, 0.15) is 6.61 Å². The van der Waals surface area contributed by atoms with Gasteiger partial charge in [0.15, 0.2) is 0 Å². The van der Waals surface area contributed by atoms with Gasteiger partial charge in [-0.2, -0.15) is 13.2 Å². The van der Waals surface area contributed by atoms with E-state index in [1.165, 1.54) is 6.42 Å². The van der Waals surface area contributed by atoms with E-state index < -0.39 is 12.8 Å². The molecule has 0 aromatic rings. The van der Waals surface area contributed by atoms with E-state index in [0.29, 0.717) is 18.4 Å². The number of hydrogen-bond acceptors (Lipinski definition) is 2. The second kappa shape index (κ2) is 7.46. The highest BCUT2D eigenvalue weighted by Gasteiger charge is 2.31. The van der Waals surface area contributed by atoms with E-state index in [4.69, 9.17) is 4.74 Å². The summed E-state index contributed by atoms with van der Waals surface area (Å²) in [5.74, 6) is 0.677. The van der Waals surface area contributed by atoms with Gasteiger partial charge in [-0.05, 0) is 57.4 Å². The quantitative estimate of drug-likeness (QED) is 0.777. The van der Waals surface area contributed by atoms with Crippen LogP contribution in [0.2, 0.25) is 0 Å². The van der Waals surface area contributed by atoms with Crippen molar-refractivity contribution in [2.45, 2.75) is 63.3 Å². The molecule has 20 heavy (non-hydrogen) atoms. The largest absolute Gasteiger partial charge is 0.411 e. The Morgan fingerprint density at radius 2 is 2.00 bits per heavy atom. The Hall–Kier alpha value is -0.550. The van der Waals surface area contributed by atoms with Gasteiger partial charge in [-0.15, -0.1) is 0 Å². The third-order valence-corrected chi connectivity index (χ3v) is 4.18. The van der Waals surface area contributed by atoms with E-state index in [2.05, 4.69) is 17.5 Å². The average Bonchev–Trinajstić information content (AvgIpc) is 2.44. The minimum Gasteiger partial charge on any atom is -0.369 e. The third-order valence-electron chi connectivity index (χ3n) is 4.18.